The topological polar surface area (TPSA) is 181 Å². The van der Waals surface area contributed by atoms with Gasteiger partial charge in [0.15, 0.2) is 0 Å². The van der Waals surface area contributed by atoms with Gasteiger partial charge < -0.3 is 14.9 Å². The fraction of sp³-hybridized carbons (Fsp3) is 0.667. The van der Waals surface area contributed by atoms with Crippen LogP contribution in [0.2, 0.25) is 0 Å². The molecule has 0 amide bonds. The molecule has 0 radical (unpaired) electrons. The molecule has 12 heteroatoms. The molecule has 0 spiro atoms. The van der Waals surface area contributed by atoms with E-state index in [1.807, 2.05) is 0 Å². The monoisotopic (exact) mass is 267 g/mol. The van der Waals surface area contributed by atoms with E-state index in [9.17, 15) is 9.36 Å². The maximum absolute atomic E-state index is 10.1. The van der Waals surface area contributed by atoms with Crippen molar-refractivity contribution in [3.05, 3.63) is 0 Å². The van der Waals surface area contributed by atoms with Gasteiger partial charge in [-0.2, -0.15) is 8.42 Å². The molecule has 0 atom stereocenters. The minimum absolute atomic E-state index is 0.439. The molecule has 0 aliphatic carbocycles. The first kappa shape index (κ1) is 16.9. The standard InChI is InChI=1S/C3H8NO5P.H2O4S/c5-3(6)1-4-2-10(7,8)9;1-5(2,3)4/h4H,1-2H2,(H,5,6)(H2,7,8,9);(H2,1,2,3,4). The third-order valence-corrected chi connectivity index (χ3v) is 1.23. The van der Waals surface area contributed by atoms with Crippen LogP contribution < -0.4 is 5.32 Å². The van der Waals surface area contributed by atoms with Crippen molar-refractivity contribution in [3.8, 4) is 0 Å². The summed E-state index contributed by atoms with van der Waals surface area (Å²) in [6.45, 7) is -0.439. The summed E-state index contributed by atoms with van der Waals surface area (Å²) in [6.07, 6.45) is -0.598. The summed E-state index contributed by atoms with van der Waals surface area (Å²) in [5, 5.41) is 10.1. The molecule has 0 unspecified atom stereocenters. The number of carboxylic acid groups (broad SMARTS) is 1. The molecule has 10 nitrogen and oxygen atoms in total. The van der Waals surface area contributed by atoms with E-state index in [1.54, 1.807) is 0 Å². The third kappa shape index (κ3) is 42.4. The second-order valence-electron chi connectivity index (χ2n) is 2.09. The Morgan fingerprint density at radius 3 is 1.80 bits per heavy atom. The summed E-state index contributed by atoms with van der Waals surface area (Å²) in [5.41, 5.74) is 0. The summed E-state index contributed by atoms with van der Waals surface area (Å²) in [4.78, 5) is 26.1. The molecule has 0 rings (SSSR count). The van der Waals surface area contributed by atoms with Crippen molar-refractivity contribution in [2.45, 2.75) is 0 Å². The molecule has 0 aromatic heterocycles. The molecular formula is C3H10NO9PS. The zero-order valence-electron chi connectivity index (χ0n) is 7.14. The van der Waals surface area contributed by atoms with Gasteiger partial charge in [0, 0.05) is 0 Å². The second-order valence-corrected chi connectivity index (χ2v) is 4.63. The molecule has 6 N–H and O–H groups in total. The number of carboxylic acids is 1. The van der Waals surface area contributed by atoms with Crippen LogP contribution in [0.5, 0.6) is 0 Å². The van der Waals surface area contributed by atoms with E-state index in [4.69, 9.17) is 32.4 Å². The van der Waals surface area contributed by atoms with Gasteiger partial charge in [-0.1, -0.05) is 0 Å². The fourth-order valence-corrected chi connectivity index (χ4v) is 0.712. The Hall–Kier alpha value is -0.550. The molecule has 0 saturated carbocycles. The Balaban J connectivity index is 0. The van der Waals surface area contributed by atoms with Crippen molar-refractivity contribution in [1.82, 2.24) is 5.32 Å². The smallest absolute Gasteiger partial charge is 0.394 e. The lowest BCUT2D eigenvalue weighted by molar-refractivity contribution is -0.135. The van der Waals surface area contributed by atoms with Gasteiger partial charge in [0.05, 0.1) is 12.8 Å². The van der Waals surface area contributed by atoms with Crippen molar-refractivity contribution in [2.24, 2.45) is 0 Å². The van der Waals surface area contributed by atoms with Crippen LogP contribution in [0.1, 0.15) is 0 Å². The van der Waals surface area contributed by atoms with E-state index in [2.05, 4.69) is 5.32 Å². The molecule has 0 heterocycles. The minimum atomic E-state index is -4.67. The predicted octanol–water partition coefficient (Wildman–Crippen LogP) is -1.86. The van der Waals surface area contributed by atoms with Crippen molar-refractivity contribution < 1.29 is 41.8 Å². The molecule has 0 aliphatic rings. The number of hydrogen-bond acceptors (Lipinski definition) is 5. The van der Waals surface area contributed by atoms with E-state index in [0.717, 1.165) is 0 Å². The zero-order chi connectivity index (χ0) is 12.7. The highest BCUT2D eigenvalue weighted by Gasteiger charge is 2.11. The lowest BCUT2D eigenvalue weighted by Gasteiger charge is -2.02. The molecule has 0 fully saturated rings. The van der Waals surface area contributed by atoms with E-state index in [1.165, 1.54) is 0 Å². The Bertz CT molecular complexity index is 321. The van der Waals surface area contributed by atoms with Crippen molar-refractivity contribution >= 4 is 24.0 Å². The summed E-state index contributed by atoms with van der Waals surface area (Å²) in [6, 6.07) is 0. The van der Waals surface area contributed by atoms with Crippen LogP contribution in [0, 0.1) is 0 Å². The highest BCUT2D eigenvalue weighted by molar-refractivity contribution is 7.79. The molecule has 15 heavy (non-hydrogen) atoms. The molecule has 0 aromatic carbocycles. The molecule has 92 valence electrons. The van der Waals surface area contributed by atoms with E-state index >= 15 is 0 Å². The first-order valence-electron chi connectivity index (χ1n) is 3.09. The highest BCUT2D eigenvalue weighted by atomic mass is 32.3. The largest absolute Gasteiger partial charge is 0.480 e. The number of hydrogen-bond donors (Lipinski definition) is 6. The molecule has 0 aliphatic heterocycles. The maximum Gasteiger partial charge on any atom is 0.394 e. The Morgan fingerprint density at radius 2 is 1.60 bits per heavy atom. The lowest BCUT2D eigenvalue weighted by atomic mass is 10.7. The van der Waals surface area contributed by atoms with Crippen molar-refractivity contribution in [3.63, 3.8) is 0 Å². The summed E-state index contributed by atoms with van der Waals surface area (Å²) >= 11 is 0. The number of carbonyl (C=O) groups is 1. The first-order chi connectivity index (χ1) is 6.42. The summed E-state index contributed by atoms with van der Waals surface area (Å²) in [5.74, 6) is -1.14. The second kappa shape index (κ2) is 6.85. The van der Waals surface area contributed by atoms with E-state index in [-0.39, 0.29) is 0 Å². The Labute approximate surface area is 84.7 Å². The quantitative estimate of drug-likeness (QED) is 0.249. The molecule has 0 saturated heterocycles. The van der Waals surface area contributed by atoms with Crippen LogP contribution in [-0.4, -0.2) is 51.2 Å². The molecular weight excluding hydrogens is 257 g/mol. The predicted molar refractivity (Wildman–Crippen MR) is 46.7 cm³/mol. The van der Waals surface area contributed by atoms with Gasteiger partial charge in [-0.25, -0.2) is 0 Å². The number of nitrogens with one attached hydrogen (secondary N) is 1. The highest BCUT2D eigenvalue weighted by Crippen LogP contribution is 2.31. The normalized spacial score (nSPS) is 11.5. The first-order valence-corrected chi connectivity index (χ1v) is 6.28. The number of rotatable bonds is 4. The van der Waals surface area contributed by atoms with Crippen LogP contribution in [-0.2, 0) is 19.8 Å². The van der Waals surface area contributed by atoms with Crippen molar-refractivity contribution in [2.75, 3.05) is 12.8 Å². The SMILES string of the molecule is O=C(O)CNCP(=O)(O)O.O=S(=O)(O)O. The lowest BCUT2D eigenvalue weighted by Crippen LogP contribution is -2.23. The number of aliphatic carboxylic acids is 1. The maximum atomic E-state index is 10.1. The van der Waals surface area contributed by atoms with Crippen molar-refractivity contribution in [1.29, 1.82) is 0 Å². The summed E-state index contributed by atoms with van der Waals surface area (Å²) in [7, 11) is -8.76. The van der Waals surface area contributed by atoms with Crippen LogP contribution >= 0.6 is 7.60 Å². The van der Waals surface area contributed by atoms with Crippen LogP contribution in [0.3, 0.4) is 0 Å². The van der Waals surface area contributed by atoms with E-state index in [0.29, 0.717) is 0 Å². The van der Waals surface area contributed by atoms with Gasteiger partial charge in [-0.15, -0.1) is 0 Å². The van der Waals surface area contributed by atoms with Gasteiger partial charge in [0.1, 0.15) is 0 Å². The molecule has 0 aromatic rings. The van der Waals surface area contributed by atoms with Crippen LogP contribution in [0.15, 0.2) is 0 Å². The van der Waals surface area contributed by atoms with Gasteiger partial charge in [0.25, 0.3) is 0 Å². The minimum Gasteiger partial charge on any atom is -0.480 e. The van der Waals surface area contributed by atoms with Crippen LogP contribution in [0.4, 0.5) is 0 Å². The fourth-order valence-electron chi connectivity index (χ4n) is 0.308. The van der Waals surface area contributed by atoms with Crippen LogP contribution in [0.25, 0.3) is 0 Å². The Morgan fingerprint density at radius 1 is 1.27 bits per heavy atom. The molecule has 0 bridgehead atoms. The van der Waals surface area contributed by atoms with Gasteiger partial charge in [0.2, 0.25) is 0 Å². The zero-order valence-corrected chi connectivity index (χ0v) is 8.85. The van der Waals surface area contributed by atoms with Gasteiger partial charge in [-0.3, -0.25) is 23.8 Å². The average molecular weight is 267 g/mol. The van der Waals surface area contributed by atoms with Gasteiger partial charge in [-0.05, 0) is 0 Å². The summed E-state index contributed by atoms with van der Waals surface area (Å²) < 4.78 is 41.6. The Kier molecular flexibility index (Phi) is 7.70. The van der Waals surface area contributed by atoms with E-state index < -0.39 is 36.8 Å². The van der Waals surface area contributed by atoms with Gasteiger partial charge >= 0.3 is 24.0 Å². The average Bonchev–Trinajstić information content (AvgIpc) is 1.77. The third-order valence-electron chi connectivity index (χ3n) is 0.594.